The quantitative estimate of drug-likeness (QED) is 0.671. The number of nitrogens with one attached hydrogen (secondary N) is 1. The van der Waals surface area contributed by atoms with Crippen molar-refractivity contribution in [1.29, 1.82) is 0 Å². The van der Waals surface area contributed by atoms with Crippen LogP contribution in [0.5, 0.6) is 17.2 Å². The summed E-state index contributed by atoms with van der Waals surface area (Å²) in [6.07, 6.45) is 0.963. The molecule has 1 amide bonds. The van der Waals surface area contributed by atoms with Crippen molar-refractivity contribution in [2.45, 2.75) is 26.1 Å². The van der Waals surface area contributed by atoms with Crippen molar-refractivity contribution >= 4 is 12.1 Å². The molecule has 1 atom stereocenters. The van der Waals surface area contributed by atoms with E-state index in [0.717, 1.165) is 11.3 Å². The van der Waals surface area contributed by atoms with E-state index in [1.807, 2.05) is 50.2 Å². The molecule has 0 saturated carbocycles. The highest BCUT2D eigenvalue weighted by molar-refractivity contribution is 5.85. The highest BCUT2D eigenvalue weighted by atomic mass is 16.6. The third kappa shape index (κ3) is 4.50. The van der Waals surface area contributed by atoms with Crippen LogP contribution in [0.2, 0.25) is 0 Å². The number of carbonyl (C=O) groups is 1. The molecule has 6 nitrogen and oxygen atoms in total. The Bertz CT molecular complexity index is 756. The first-order valence-electron chi connectivity index (χ1n) is 8.10. The Kier molecular flexibility index (Phi) is 5.18. The summed E-state index contributed by atoms with van der Waals surface area (Å²) in [4.78, 5) is 12.1. The Morgan fingerprint density at radius 2 is 1.92 bits per heavy atom. The van der Waals surface area contributed by atoms with Crippen molar-refractivity contribution < 1.29 is 19.0 Å². The molecule has 130 valence electrons. The molecule has 0 fully saturated rings. The van der Waals surface area contributed by atoms with Crippen molar-refractivity contribution in [3.05, 3.63) is 54.1 Å². The minimum absolute atomic E-state index is 0.127. The Morgan fingerprint density at radius 1 is 1.20 bits per heavy atom. The minimum Gasteiger partial charge on any atom is -0.491 e. The molecule has 2 aromatic rings. The van der Waals surface area contributed by atoms with E-state index >= 15 is 0 Å². The van der Waals surface area contributed by atoms with Gasteiger partial charge in [-0.25, -0.2) is 5.43 Å². The third-order valence-electron chi connectivity index (χ3n) is 3.44. The number of benzene rings is 2. The fourth-order valence-corrected chi connectivity index (χ4v) is 2.30. The Morgan fingerprint density at radius 3 is 2.64 bits per heavy atom. The van der Waals surface area contributed by atoms with E-state index in [1.54, 1.807) is 18.3 Å². The highest BCUT2D eigenvalue weighted by Crippen LogP contribution is 2.30. The van der Waals surface area contributed by atoms with Gasteiger partial charge in [-0.15, -0.1) is 0 Å². The number of hydrogen-bond donors (Lipinski definition) is 1. The zero-order valence-electron chi connectivity index (χ0n) is 14.1. The number of fused-ring (bicyclic) bond motifs is 1. The van der Waals surface area contributed by atoms with E-state index in [2.05, 4.69) is 10.5 Å². The average molecular weight is 340 g/mol. The van der Waals surface area contributed by atoms with Crippen molar-refractivity contribution in [3.8, 4) is 17.2 Å². The van der Waals surface area contributed by atoms with Gasteiger partial charge in [0.15, 0.2) is 11.5 Å². The number of hydrazone groups is 1. The van der Waals surface area contributed by atoms with E-state index < -0.39 is 6.10 Å². The summed E-state index contributed by atoms with van der Waals surface area (Å²) < 4.78 is 16.7. The molecular formula is C19H20N2O4. The molecule has 25 heavy (non-hydrogen) atoms. The zero-order valence-corrected chi connectivity index (χ0v) is 14.1. The largest absolute Gasteiger partial charge is 0.491 e. The standard InChI is InChI=1S/C19H20N2O4/c1-13(2)24-15-9-7-14(8-10-15)11-20-21-19(22)18-12-23-16-5-3-4-6-17(16)25-18/h3-11,13,18H,12H2,1-2H3,(H,21,22)/b20-11+. The van der Waals surface area contributed by atoms with Crippen LogP contribution in [0.25, 0.3) is 0 Å². The maximum Gasteiger partial charge on any atom is 0.284 e. The topological polar surface area (TPSA) is 69.2 Å². The SMILES string of the molecule is CC(C)Oc1ccc(/C=N/NC(=O)C2COc3ccccc3O2)cc1. The van der Waals surface area contributed by atoms with Gasteiger partial charge in [0.2, 0.25) is 6.10 Å². The van der Waals surface area contributed by atoms with Crippen LogP contribution < -0.4 is 19.6 Å². The van der Waals surface area contributed by atoms with Crippen LogP contribution in [0.1, 0.15) is 19.4 Å². The van der Waals surface area contributed by atoms with E-state index in [9.17, 15) is 4.79 Å². The lowest BCUT2D eigenvalue weighted by Crippen LogP contribution is -2.42. The maximum atomic E-state index is 12.1. The van der Waals surface area contributed by atoms with Gasteiger partial charge in [0.1, 0.15) is 12.4 Å². The molecule has 2 aromatic carbocycles. The lowest BCUT2D eigenvalue weighted by molar-refractivity contribution is -0.130. The fraction of sp³-hybridized carbons (Fsp3) is 0.263. The molecule has 0 saturated heterocycles. The summed E-state index contributed by atoms with van der Waals surface area (Å²) in [6.45, 7) is 4.10. The molecule has 1 N–H and O–H groups in total. The van der Waals surface area contributed by atoms with Gasteiger partial charge in [-0.05, 0) is 55.8 Å². The monoisotopic (exact) mass is 340 g/mol. The molecule has 1 unspecified atom stereocenters. The minimum atomic E-state index is -0.728. The highest BCUT2D eigenvalue weighted by Gasteiger charge is 2.26. The number of carbonyl (C=O) groups excluding carboxylic acids is 1. The van der Waals surface area contributed by atoms with Crippen LogP contribution in [0, 0.1) is 0 Å². The van der Waals surface area contributed by atoms with Crippen LogP contribution in [-0.4, -0.2) is 30.9 Å². The van der Waals surface area contributed by atoms with Gasteiger partial charge in [0.25, 0.3) is 5.91 Å². The summed E-state index contributed by atoms with van der Waals surface area (Å²) in [5.41, 5.74) is 3.32. The summed E-state index contributed by atoms with van der Waals surface area (Å²) in [6, 6.07) is 14.7. The second kappa shape index (κ2) is 7.70. The number of rotatable bonds is 5. The maximum absolute atomic E-state index is 12.1. The first kappa shape index (κ1) is 16.8. The predicted molar refractivity (Wildman–Crippen MR) is 94.3 cm³/mol. The normalized spacial score (nSPS) is 16.0. The van der Waals surface area contributed by atoms with Gasteiger partial charge in [-0.3, -0.25) is 4.79 Å². The van der Waals surface area contributed by atoms with Crippen molar-refractivity contribution in [3.63, 3.8) is 0 Å². The van der Waals surface area contributed by atoms with Crippen LogP contribution in [-0.2, 0) is 4.79 Å². The first-order valence-corrected chi connectivity index (χ1v) is 8.10. The molecule has 0 spiro atoms. The van der Waals surface area contributed by atoms with E-state index in [1.165, 1.54) is 0 Å². The summed E-state index contributed by atoms with van der Waals surface area (Å²) in [5, 5.41) is 3.96. The van der Waals surface area contributed by atoms with Gasteiger partial charge in [-0.1, -0.05) is 12.1 Å². The summed E-state index contributed by atoms with van der Waals surface area (Å²) >= 11 is 0. The summed E-state index contributed by atoms with van der Waals surface area (Å²) in [7, 11) is 0. The van der Waals surface area contributed by atoms with Gasteiger partial charge in [0.05, 0.1) is 12.3 Å². The number of ether oxygens (including phenoxy) is 3. The second-order valence-corrected chi connectivity index (χ2v) is 5.83. The zero-order chi connectivity index (χ0) is 17.6. The first-order chi connectivity index (χ1) is 12.1. The molecular weight excluding hydrogens is 320 g/mol. The number of para-hydroxylation sites is 2. The van der Waals surface area contributed by atoms with Gasteiger partial charge >= 0.3 is 0 Å². The molecule has 6 heteroatoms. The van der Waals surface area contributed by atoms with Crippen molar-refractivity contribution in [2.24, 2.45) is 5.10 Å². The Balaban J connectivity index is 1.53. The second-order valence-electron chi connectivity index (χ2n) is 5.83. The van der Waals surface area contributed by atoms with E-state index in [0.29, 0.717) is 11.5 Å². The molecule has 0 aliphatic carbocycles. The van der Waals surface area contributed by atoms with Gasteiger partial charge < -0.3 is 14.2 Å². The Labute approximate surface area is 146 Å². The lowest BCUT2D eigenvalue weighted by atomic mass is 10.2. The van der Waals surface area contributed by atoms with Crippen LogP contribution in [0.4, 0.5) is 0 Å². The molecule has 3 rings (SSSR count). The van der Waals surface area contributed by atoms with Crippen LogP contribution in [0.3, 0.4) is 0 Å². The molecule has 0 radical (unpaired) electrons. The summed E-state index contributed by atoms with van der Waals surface area (Å²) in [5.74, 6) is 1.63. The third-order valence-corrected chi connectivity index (χ3v) is 3.44. The van der Waals surface area contributed by atoms with Crippen molar-refractivity contribution in [1.82, 2.24) is 5.43 Å². The average Bonchev–Trinajstić information content (AvgIpc) is 2.62. The Hall–Kier alpha value is -3.02. The van der Waals surface area contributed by atoms with Crippen LogP contribution in [0.15, 0.2) is 53.6 Å². The van der Waals surface area contributed by atoms with Gasteiger partial charge in [-0.2, -0.15) is 5.10 Å². The molecule has 0 aromatic heterocycles. The predicted octanol–water partition coefficient (Wildman–Crippen LogP) is 2.76. The fourth-order valence-electron chi connectivity index (χ4n) is 2.30. The van der Waals surface area contributed by atoms with Crippen molar-refractivity contribution in [2.75, 3.05) is 6.61 Å². The molecule has 1 aliphatic heterocycles. The van der Waals surface area contributed by atoms with Crippen LogP contribution >= 0.6 is 0 Å². The lowest BCUT2D eigenvalue weighted by Gasteiger charge is -2.24. The molecule has 1 heterocycles. The smallest absolute Gasteiger partial charge is 0.284 e. The molecule has 0 bridgehead atoms. The van der Waals surface area contributed by atoms with E-state index in [4.69, 9.17) is 14.2 Å². The molecule has 1 aliphatic rings. The number of hydrogen-bond acceptors (Lipinski definition) is 5. The number of nitrogens with zero attached hydrogens (tertiary/aromatic N) is 1. The van der Waals surface area contributed by atoms with E-state index in [-0.39, 0.29) is 18.6 Å². The number of amides is 1. The van der Waals surface area contributed by atoms with Gasteiger partial charge in [0, 0.05) is 0 Å².